The molecule has 4 heteroatoms. The van der Waals surface area contributed by atoms with Gasteiger partial charge in [0.1, 0.15) is 0 Å². The number of ether oxygens (including phenoxy) is 1. The quantitative estimate of drug-likeness (QED) is 0.463. The maximum Gasteiger partial charge on any atom is 0.226 e. The Bertz CT molecular complexity index is 513. The fraction of sp³-hybridized carbons (Fsp3) is 0.167. The number of nitrogens with zero attached hydrogens (tertiary/aromatic N) is 2. The van der Waals surface area contributed by atoms with Crippen molar-refractivity contribution in [2.24, 2.45) is 0 Å². The number of benzene rings is 1. The van der Waals surface area contributed by atoms with Gasteiger partial charge in [-0.3, -0.25) is 0 Å². The lowest BCUT2D eigenvalue weighted by atomic mass is 10.2. The van der Waals surface area contributed by atoms with Crippen LogP contribution in [0.3, 0.4) is 0 Å². The lowest BCUT2D eigenvalue weighted by molar-refractivity contribution is 0.316. The first kappa shape index (κ1) is 10.9. The number of hydrogen-bond donors (Lipinski definition) is 0. The van der Waals surface area contributed by atoms with Gasteiger partial charge in [0, 0.05) is 0 Å². The van der Waals surface area contributed by atoms with E-state index in [-0.39, 0.29) is 5.28 Å². The second kappa shape index (κ2) is 4.94. The Labute approximate surface area is 98.7 Å². The standard InChI is InChI=1S/C12H11ClN2O/c1-2-3-8-16-11-9-6-4-5-7-10(9)14-12(13)15-11/h2,4-7H,1,3,8H2. The number of hydrogen-bond acceptors (Lipinski definition) is 3. The van der Waals surface area contributed by atoms with E-state index in [4.69, 9.17) is 16.3 Å². The van der Waals surface area contributed by atoms with Crippen LogP contribution in [-0.4, -0.2) is 16.6 Å². The summed E-state index contributed by atoms with van der Waals surface area (Å²) in [7, 11) is 0. The second-order valence-electron chi connectivity index (χ2n) is 3.24. The van der Waals surface area contributed by atoms with Gasteiger partial charge in [0.25, 0.3) is 0 Å². The monoisotopic (exact) mass is 234 g/mol. The smallest absolute Gasteiger partial charge is 0.226 e. The maximum atomic E-state index is 5.81. The zero-order valence-electron chi connectivity index (χ0n) is 8.69. The van der Waals surface area contributed by atoms with E-state index in [0.717, 1.165) is 17.3 Å². The fourth-order valence-electron chi connectivity index (χ4n) is 1.37. The van der Waals surface area contributed by atoms with Crippen LogP contribution < -0.4 is 4.74 Å². The first-order valence-electron chi connectivity index (χ1n) is 4.97. The zero-order chi connectivity index (χ0) is 11.4. The molecule has 2 aromatic rings. The highest BCUT2D eigenvalue weighted by Gasteiger charge is 2.06. The van der Waals surface area contributed by atoms with Gasteiger partial charge < -0.3 is 4.74 Å². The summed E-state index contributed by atoms with van der Waals surface area (Å²) in [6.45, 7) is 4.18. The minimum absolute atomic E-state index is 0.201. The predicted molar refractivity (Wildman–Crippen MR) is 64.9 cm³/mol. The van der Waals surface area contributed by atoms with E-state index in [2.05, 4.69) is 16.5 Å². The van der Waals surface area contributed by atoms with Crippen molar-refractivity contribution in [2.75, 3.05) is 6.61 Å². The molecular weight excluding hydrogens is 224 g/mol. The molecule has 0 atom stereocenters. The first-order chi connectivity index (χ1) is 7.81. The maximum absolute atomic E-state index is 5.81. The Morgan fingerprint density at radius 1 is 1.31 bits per heavy atom. The van der Waals surface area contributed by atoms with Gasteiger partial charge in [-0.2, -0.15) is 4.98 Å². The lowest BCUT2D eigenvalue weighted by Crippen LogP contribution is -1.99. The van der Waals surface area contributed by atoms with E-state index >= 15 is 0 Å². The van der Waals surface area contributed by atoms with Gasteiger partial charge >= 0.3 is 0 Å². The molecule has 0 bridgehead atoms. The van der Waals surface area contributed by atoms with E-state index in [9.17, 15) is 0 Å². The Balaban J connectivity index is 2.38. The van der Waals surface area contributed by atoms with Crippen LogP contribution in [0.1, 0.15) is 6.42 Å². The molecule has 0 aliphatic rings. The Morgan fingerprint density at radius 2 is 2.12 bits per heavy atom. The van der Waals surface area contributed by atoms with Gasteiger partial charge in [0.2, 0.25) is 11.2 Å². The number of halogens is 1. The molecule has 0 unspecified atom stereocenters. The first-order valence-corrected chi connectivity index (χ1v) is 5.35. The Hall–Kier alpha value is -1.61. The third kappa shape index (κ3) is 2.31. The summed E-state index contributed by atoms with van der Waals surface area (Å²) in [5.74, 6) is 0.525. The van der Waals surface area contributed by atoms with Crippen molar-refractivity contribution in [3.8, 4) is 5.88 Å². The summed E-state index contributed by atoms with van der Waals surface area (Å²) in [6.07, 6.45) is 2.57. The average Bonchev–Trinajstić information content (AvgIpc) is 2.29. The molecule has 0 spiro atoms. The van der Waals surface area contributed by atoms with Crippen molar-refractivity contribution in [3.05, 3.63) is 42.2 Å². The van der Waals surface area contributed by atoms with Gasteiger partial charge in [-0.1, -0.05) is 18.2 Å². The molecule has 0 radical (unpaired) electrons. The molecule has 16 heavy (non-hydrogen) atoms. The molecule has 1 aromatic heterocycles. The van der Waals surface area contributed by atoms with Gasteiger partial charge in [-0.05, 0) is 30.2 Å². The third-order valence-corrected chi connectivity index (χ3v) is 2.27. The molecule has 2 rings (SSSR count). The van der Waals surface area contributed by atoms with Crippen molar-refractivity contribution in [3.63, 3.8) is 0 Å². The topological polar surface area (TPSA) is 35.0 Å². The molecule has 0 fully saturated rings. The van der Waals surface area contributed by atoms with E-state index in [1.807, 2.05) is 24.3 Å². The molecule has 1 aromatic carbocycles. The number of rotatable bonds is 4. The highest BCUT2D eigenvalue weighted by molar-refractivity contribution is 6.28. The van der Waals surface area contributed by atoms with Crippen LogP contribution in [0.5, 0.6) is 5.88 Å². The molecule has 0 saturated carbocycles. The highest BCUT2D eigenvalue weighted by Crippen LogP contribution is 2.23. The normalized spacial score (nSPS) is 10.3. The molecule has 0 aliphatic heterocycles. The van der Waals surface area contributed by atoms with Crippen molar-refractivity contribution in [2.45, 2.75) is 6.42 Å². The summed E-state index contributed by atoms with van der Waals surface area (Å²) in [5.41, 5.74) is 0.788. The fourth-order valence-corrected chi connectivity index (χ4v) is 1.54. The number of fused-ring (bicyclic) bond motifs is 1. The van der Waals surface area contributed by atoms with Crippen molar-refractivity contribution in [1.29, 1.82) is 0 Å². The molecule has 82 valence electrons. The molecule has 0 aliphatic carbocycles. The van der Waals surface area contributed by atoms with E-state index in [0.29, 0.717) is 12.5 Å². The van der Waals surface area contributed by atoms with Gasteiger partial charge in [-0.25, -0.2) is 4.98 Å². The van der Waals surface area contributed by atoms with Crippen molar-refractivity contribution >= 4 is 22.5 Å². The minimum atomic E-state index is 0.201. The molecule has 3 nitrogen and oxygen atoms in total. The summed E-state index contributed by atoms with van der Waals surface area (Å²) in [6, 6.07) is 7.61. The summed E-state index contributed by atoms with van der Waals surface area (Å²) < 4.78 is 5.53. The van der Waals surface area contributed by atoms with Crippen LogP contribution >= 0.6 is 11.6 Å². The lowest BCUT2D eigenvalue weighted by Gasteiger charge is -2.06. The molecule has 0 amide bonds. The average molecular weight is 235 g/mol. The molecule has 0 saturated heterocycles. The SMILES string of the molecule is C=CCCOc1nc(Cl)nc2ccccc12. The van der Waals surface area contributed by atoms with Gasteiger partial charge in [-0.15, -0.1) is 6.58 Å². The summed E-state index contributed by atoms with van der Waals surface area (Å²) in [5, 5.41) is 1.07. The highest BCUT2D eigenvalue weighted by atomic mass is 35.5. The summed E-state index contributed by atoms with van der Waals surface area (Å²) in [4.78, 5) is 8.19. The van der Waals surface area contributed by atoms with Crippen LogP contribution in [0, 0.1) is 0 Å². The Kier molecular flexibility index (Phi) is 3.37. The van der Waals surface area contributed by atoms with E-state index < -0.39 is 0 Å². The van der Waals surface area contributed by atoms with E-state index in [1.54, 1.807) is 6.08 Å². The van der Waals surface area contributed by atoms with Crippen LogP contribution in [0.4, 0.5) is 0 Å². The molecular formula is C12H11ClN2O. The zero-order valence-corrected chi connectivity index (χ0v) is 9.44. The Morgan fingerprint density at radius 3 is 2.94 bits per heavy atom. The van der Waals surface area contributed by atoms with Crippen molar-refractivity contribution < 1.29 is 4.74 Å². The molecule has 1 heterocycles. The van der Waals surface area contributed by atoms with Crippen molar-refractivity contribution in [1.82, 2.24) is 9.97 Å². The van der Waals surface area contributed by atoms with E-state index in [1.165, 1.54) is 0 Å². The van der Waals surface area contributed by atoms with Crippen LogP contribution in [0.2, 0.25) is 5.28 Å². The minimum Gasteiger partial charge on any atom is -0.477 e. The number of para-hydroxylation sites is 1. The third-order valence-electron chi connectivity index (χ3n) is 2.10. The van der Waals surface area contributed by atoms with Crippen LogP contribution in [0.15, 0.2) is 36.9 Å². The van der Waals surface area contributed by atoms with Crippen LogP contribution in [-0.2, 0) is 0 Å². The predicted octanol–water partition coefficient (Wildman–Crippen LogP) is 3.24. The van der Waals surface area contributed by atoms with Crippen LogP contribution in [0.25, 0.3) is 10.9 Å². The largest absolute Gasteiger partial charge is 0.477 e. The summed E-state index contributed by atoms with van der Waals surface area (Å²) >= 11 is 5.81. The molecule has 0 N–H and O–H groups in total. The van der Waals surface area contributed by atoms with Gasteiger partial charge in [0.15, 0.2) is 0 Å². The second-order valence-corrected chi connectivity index (χ2v) is 3.58. The number of aromatic nitrogens is 2. The van der Waals surface area contributed by atoms with Gasteiger partial charge in [0.05, 0.1) is 17.5 Å².